The summed E-state index contributed by atoms with van der Waals surface area (Å²) in [5.74, 6) is -0.641. The van der Waals surface area contributed by atoms with Crippen LogP contribution >= 0.6 is 23.2 Å². The minimum Gasteiger partial charge on any atom is -0.350 e. The zero-order valence-electron chi connectivity index (χ0n) is 16.9. The molecule has 1 N–H and O–H groups in total. The van der Waals surface area contributed by atoms with Crippen molar-refractivity contribution in [3.05, 3.63) is 96.6 Å². The second-order valence-corrected chi connectivity index (χ2v) is 7.96. The third-order valence-electron chi connectivity index (χ3n) is 4.87. The molecule has 33 heavy (non-hydrogen) atoms. The van der Waals surface area contributed by atoms with Gasteiger partial charge in [0.25, 0.3) is 17.2 Å². The van der Waals surface area contributed by atoms with E-state index in [0.29, 0.717) is 22.6 Å². The molecule has 1 amide bonds. The largest absolute Gasteiger partial charge is 0.350 e. The Bertz CT molecular complexity index is 1430. The van der Waals surface area contributed by atoms with Crippen molar-refractivity contribution >= 4 is 45.8 Å². The molecule has 10 nitrogen and oxygen atoms in total. The molecule has 0 aliphatic heterocycles. The van der Waals surface area contributed by atoms with E-state index >= 15 is 0 Å². The number of nitrogens with one attached hydrogen (secondary N) is 1. The number of benzene rings is 2. The highest BCUT2D eigenvalue weighted by Crippen LogP contribution is 2.22. The summed E-state index contributed by atoms with van der Waals surface area (Å²) in [7, 11) is 0. The van der Waals surface area contributed by atoms with Crippen molar-refractivity contribution in [1.82, 2.24) is 24.6 Å². The van der Waals surface area contributed by atoms with Crippen molar-refractivity contribution < 1.29 is 9.72 Å². The first-order valence-corrected chi connectivity index (χ1v) is 10.5. The molecule has 168 valence electrons. The predicted molar refractivity (Wildman–Crippen MR) is 123 cm³/mol. The number of amides is 1. The molecule has 4 aromatic rings. The Morgan fingerprint density at radius 3 is 2.70 bits per heavy atom. The van der Waals surface area contributed by atoms with E-state index in [9.17, 15) is 19.7 Å². The lowest BCUT2D eigenvalue weighted by Gasteiger charge is -2.08. The molecule has 4 rings (SSSR count). The lowest BCUT2D eigenvalue weighted by molar-refractivity contribution is -0.385. The SMILES string of the molecule is O=C(NCCn1ncc2c(=O)n(Cc3cccc(Cl)c3)cnc21)c1cc(Cl)ccc1[N+](=O)[O-]. The van der Waals surface area contributed by atoms with Crippen molar-refractivity contribution in [2.45, 2.75) is 13.1 Å². The number of halogens is 2. The standard InChI is InChI=1S/C21H16Cl2N6O4/c22-14-3-1-2-13(8-14)11-27-12-25-19-17(21(27)31)10-26-28(19)7-6-24-20(30)16-9-15(23)4-5-18(16)29(32)33/h1-5,8-10,12H,6-7,11H2,(H,24,30). The maximum absolute atomic E-state index is 12.8. The normalized spacial score (nSPS) is 11.0. The molecule has 0 aliphatic carbocycles. The van der Waals surface area contributed by atoms with Gasteiger partial charge in [0.15, 0.2) is 5.65 Å². The Morgan fingerprint density at radius 1 is 1.15 bits per heavy atom. The van der Waals surface area contributed by atoms with Crippen LogP contribution < -0.4 is 10.9 Å². The van der Waals surface area contributed by atoms with Gasteiger partial charge in [-0.1, -0.05) is 35.3 Å². The quantitative estimate of drug-likeness (QED) is 0.315. The fourth-order valence-electron chi connectivity index (χ4n) is 3.33. The van der Waals surface area contributed by atoms with Crippen molar-refractivity contribution in [3.8, 4) is 0 Å². The monoisotopic (exact) mass is 486 g/mol. The van der Waals surface area contributed by atoms with Crippen LogP contribution in [0.25, 0.3) is 11.0 Å². The summed E-state index contributed by atoms with van der Waals surface area (Å²) >= 11 is 11.9. The van der Waals surface area contributed by atoms with Crippen LogP contribution in [0.1, 0.15) is 15.9 Å². The third kappa shape index (κ3) is 4.86. The number of nitro groups is 1. The van der Waals surface area contributed by atoms with E-state index < -0.39 is 10.8 Å². The van der Waals surface area contributed by atoms with Gasteiger partial charge < -0.3 is 5.32 Å². The second kappa shape index (κ2) is 9.39. The van der Waals surface area contributed by atoms with Gasteiger partial charge in [-0.2, -0.15) is 5.10 Å². The van der Waals surface area contributed by atoms with Gasteiger partial charge in [0.05, 0.1) is 24.2 Å². The number of rotatable bonds is 7. The minimum atomic E-state index is -0.648. The number of hydrogen-bond donors (Lipinski definition) is 1. The summed E-state index contributed by atoms with van der Waals surface area (Å²) in [6, 6.07) is 10.9. The highest BCUT2D eigenvalue weighted by molar-refractivity contribution is 6.31. The van der Waals surface area contributed by atoms with Crippen LogP contribution in [0.4, 0.5) is 5.69 Å². The average molecular weight is 487 g/mol. The summed E-state index contributed by atoms with van der Waals surface area (Å²) in [6.45, 7) is 0.614. The minimum absolute atomic E-state index is 0.104. The van der Waals surface area contributed by atoms with Gasteiger partial charge in [-0.3, -0.25) is 24.3 Å². The van der Waals surface area contributed by atoms with E-state index in [-0.39, 0.29) is 34.9 Å². The van der Waals surface area contributed by atoms with E-state index in [1.165, 1.54) is 40.0 Å². The van der Waals surface area contributed by atoms with Gasteiger partial charge >= 0.3 is 0 Å². The summed E-state index contributed by atoms with van der Waals surface area (Å²) in [5, 5.41) is 19.1. The van der Waals surface area contributed by atoms with E-state index in [2.05, 4.69) is 15.4 Å². The molecule has 0 saturated heterocycles. The lowest BCUT2D eigenvalue weighted by Crippen LogP contribution is -2.28. The maximum atomic E-state index is 12.8. The van der Waals surface area contributed by atoms with Gasteiger partial charge in [0.2, 0.25) is 0 Å². The third-order valence-corrected chi connectivity index (χ3v) is 5.34. The second-order valence-electron chi connectivity index (χ2n) is 7.09. The Balaban J connectivity index is 1.47. The summed E-state index contributed by atoms with van der Waals surface area (Å²) in [6.07, 6.45) is 2.85. The van der Waals surface area contributed by atoms with Crippen LogP contribution in [-0.4, -0.2) is 36.7 Å². The molecule has 0 atom stereocenters. The molecular weight excluding hydrogens is 471 g/mol. The molecule has 0 fully saturated rings. The van der Waals surface area contributed by atoms with E-state index in [4.69, 9.17) is 23.2 Å². The highest BCUT2D eigenvalue weighted by Gasteiger charge is 2.20. The summed E-state index contributed by atoms with van der Waals surface area (Å²) in [5.41, 5.74) is 0.481. The van der Waals surface area contributed by atoms with Crippen LogP contribution in [0, 0.1) is 10.1 Å². The van der Waals surface area contributed by atoms with Gasteiger partial charge in [0, 0.05) is 22.7 Å². The fraction of sp³-hybridized carbons (Fsp3) is 0.143. The lowest BCUT2D eigenvalue weighted by atomic mass is 10.1. The fourth-order valence-corrected chi connectivity index (χ4v) is 3.71. The molecule has 0 saturated carbocycles. The zero-order valence-corrected chi connectivity index (χ0v) is 18.5. The van der Waals surface area contributed by atoms with E-state index in [1.54, 1.807) is 18.2 Å². The first kappa shape index (κ1) is 22.4. The molecular formula is C21H16Cl2N6O4. The zero-order chi connectivity index (χ0) is 23.5. The number of carbonyl (C=O) groups excluding carboxylic acids is 1. The van der Waals surface area contributed by atoms with Gasteiger partial charge in [-0.15, -0.1) is 0 Å². The van der Waals surface area contributed by atoms with Gasteiger partial charge in [0.1, 0.15) is 17.3 Å². The smallest absolute Gasteiger partial charge is 0.282 e. The molecule has 2 aromatic heterocycles. The van der Waals surface area contributed by atoms with E-state index in [0.717, 1.165) is 5.56 Å². The van der Waals surface area contributed by atoms with Crippen molar-refractivity contribution in [2.24, 2.45) is 0 Å². The first-order chi connectivity index (χ1) is 15.8. The predicted octanol–water partition coefficient (Wildman–Crippen LogP) is 3.29. The van der Waals surface area contributed by atoms with Crippen molar-refractivity contribution in [3.63, 3.8) is 0 Å². The molecule has 0 bridgehead atoms. The van der Waals surface area contributed by atoms with E-state index in [1.807, 2.05) is 6.07 Å². The Hall–Kier alpha value is -3.76. The number of hydrogen-bond acceptors (Lipinski definition) is 6. The summed E-state index contributed by atoms with van der Waals surface area (Å²) in [4.78, 5) is 40.1. The molecule has 0 unspecified atom stereocenters. The average Bonchev–Trinajstić information content (AvgIpc) is 3.19. The van der Waals surface area contributed by atoms with Gasteiger partial charge in [-0.25, -0.2) is 9.67 Å². The number of nitrogens with zero attached hydrogens (tertiary/aromatic N) is 5. The van der Waals surface area contributed by atoms with Crippen molar-refractivity contribution in [1.29, 1.82) is 0 Å². The molecule has 2 heterocycles. The van der Waals surface area contributed by atoms with Crippen LogP contribution in [0.3, 0.4) is 0 Å². The maximum Gasteiger partial charge on any atom is 0.282 e. The van der Waals surface area contributed by atoms with Gasteiger partial charge in [-0.05, 0) is 29.8 Å². The van der Waals surface area contributed by atoms with Crippen LogP contribution in [0.5, 0.6) is 0 Å². The molecule has 12 heteroatoms. The number of aromatic nitrogens is 4. The molecule has 0 aliphatic rings. The molecule has 0 spiro atoms. The Morgan fingerprint density at radius 2 is 1.94 bits per heavy atom. The molecule has 2 aromatic carbocycles. The summed E-state index contributed by atoms with van der Waals surface area (Å²) < 4.78 is 2.94. The highest BCUT2D eigenvalue weighted by atomic mass is 35.5. The first-order valence-electron chi connectivity index (χ1n) is 9.71. The van der Waals surface area contributed by atoms with Crippen molar-refractivity contribution in [2.75, 3.05) is 6.54 Å². The number of carbonyl (C=O) groups is 1. The van der Waals surface area contributed by atoms with Crippen LogP contribution in [-0.2, 0) is 13.1 Å². The van der Waals surface area contributed by atoms with Crippen LogP contribution in [0.15, 0.2) is 59.8 Å². The number of nitro benzene ring substituents is 1. The van der Waals surface area contributed by atoms with Crippen LogP contribution in [0.2, 0.25) is 10.0 Å². The molecule has 0 radical (unpaired) electrons. The topological polar surface area (TPSA) is 125 Å². The Labute approximate surface area is 196 Å². The Kier molecular flexibility index (Phi) is 6.38. The number of fused-ring (bicyclic) bond motifs is 1.